The first-order valence-corrected chi connectivity index (χ1v) is 8.40. The van der Waals surface area contributed by atoms with Gasteiger partial charge in [0.2, 0.25) is 5.16 Å². The van der Waals surface area contributed by atoms with Crippen LogP contribution in [0.25, 0.3) is 5.78 Å². The van der Waals surface area contributed by atoms with Crippen molar-refractivity contribution in [1.29, 1.82) is 0 Å². The van der Waals surface area contributed by atoms with Gasteiger partial charge in [-0.05, 0) is 44.2 Å². The largest absolute Gasteiger partial charge is 0.491 e. The Balaban J connectivity index is 1.55. The van der Waals surface area contributed by atoms with Crippen LogP contribution >= 0.6 is 11.8 Å². The molecular weight excluding hydrogens is 331 g/mol. The van der Waals surface area contributed by atoms with E-state index in [2.05, 4.69) is 15.1 Å². The summed E-state index contributed by atoms with van der Waals surface area (Å²) in [7, 11) is 0. The lowest BCUT2D eigenvalue weighted by Crippen LogP contribution is -2.20. The fourth-order valence-electron chi connectivity index (χ4n) is 2.15. The van der Waals surface area contributed by atoms with Gasteiger partial charge in [-0.3, -0.25) is 0 Å². The van der Waals surface area contributed by atoms with Gasteiger partial charge in [-0.15, -0.1) is 5.10 Å². The minimum atomic E-state index is -0.692. The van der Waals surface area contributed by atoms with Crippen LogP contribution in [-0.4, -0.2) is 43.2 Å². The Labute approximate surface area is 142 Å². The summed E-state index contributed by atoms with van der Waals surface area (Å²) in [5, 5.41) is 14.9. The summed E-state index contributed by atoms with van der Waals surface area (Å²) in [4.78, 5) is 8.67. The van der Waals surface area contributed by atoms with Gasteiger partial charge < -0.3 is 9.84 Å². The first-order valence-electron chi connectivity index (χ1n) is 7.41. The number of ether oxygens (including phenoxy) is 1. The Morgan fingerprint density at radius 2 is 2.00 bits per heavy atom. The Bertz CT molecular complexity index is 838. The molecule has 0 bridgehead atoms. The van der Waals surface area contributed by atoms with Gasteiger partial charge in [-0.25, -0.2) is 13.9 Å². The summed E-state index contributed by atoms with van der Waals surface area (Å²) >= 11 is 1.33. The number of aromatic nitrogens is 4. The van der Waals surface area contributed by atoms with Crippen molar-refractivity contribution in [3.8, 4) is 5.75 Å². The number of rotatable bonds is 6. The molecule has 3 aromatic rings. The van der Waals surface area contributed by atoms with E-state index in [-0.39, 0.29) is 12.4 Å². The Kier molecular flexibility index (Phi) is 4.96. The lowest BCUT2D eigenvalue weighted by molar-refractivity contribution is 0.126. The predicted octanol–water partition coefficient (Wildman–Crippen LogP) is 2.41. The van der Waals surface area contributed by atoms with E-state index in [1.807, 2.05) is 19.9 Å². The van der Waals surface area contributed by atoms with Crippen LogP contribution in [-0.2, 0) is 0 Å². The van der Waals surface area contributed by atoms with Crippen molar-refractivity contribution in [3.05, 3.63) is 47.5 Å². The van der Waals surface area contributed by atoms with Crippen LogP contribution < -0.4 is 4.74 Å². The first-order chi connectivity index (χ1) is 11.5. The molecule has 0 spiro atoms. The molecule has 2 aromatic heterocycles. The third-order valence-corrected chi connectivity index (χ3v) is 4.24. The van der Waals surface area contributed by atoms with E-state index in [4.69, 9.17) is 4.74 Å². The molecular formula is C16H17FN4O2S. The number of hydrogen-bond donors (Lipinski definition) is 1. The van der Waals surface area contributed by atoms with Gasteiger partial charge in [0.05, 0.1) is 6.10 Å². The normalized spacial score (nSPS) is 12.5. The highest BCUT2D eigenvalue weighted by Gasteiger charge is 2.12. The number of aryl methyl sites for hydroxylation is 2. The molecule has 3 rings (SSSR count). The molecule has 2 heterocycles. The van der Waals surface area contributed by atoms with Gasteiger partial charge in [0.25, 0.3) is 5.78 Å². The molecule has 0 saturated carbocycles. The maximum atomic E-state index is 12.8. The third-order valence-electron chi connectivity index (χ3n) is 3.26. The van der Waals surface area contributed by atoms with E-state index in [0.717, 1.165) is 11.4 Å². The van der Waals surface area contributed by atoms with E-state index in [0.29, 0.717) is 22.4 Å². The smallest absolute Gasteiger partial charge is 0.253 e. The van der Waals surface area contributed by atoms with E-state index in [9.17, 15) is 9.50 Å². The van der Waals surface area contributed by atoms with Crippen molar-refractivity contribution < 1.29 is 14.2 Å². The lowest BCUT2D eigenvalue weighted by atomic mass is 10.3. The van der Waals surface area contributed by atoms with Crippen LogP contribution in [0.4, 0.5) is 4.39 Å². The number of hydrogen-bond acceptors (Lipinski definition) is 6. The molecule has 6 nitrogen and oxygen atoms in total. The summed E-state index contributed by atoms with van der Waals surface area (Å²) in [5.74, 6) is 1.13. The maximum Gasteiger partial charge on any atom is 0.253 e. The molecule has 1 unspecified atom stereocenters. The zero-order valence-corrected chi connectivity index (χ0v) is 14.1. The summed E-state index contributed by atoms with van der Waals surface area (Å²) < 4.78 is 19.9. The van der Waals surface area contributed by atoms with Crippen molar-refractivity contribution in [1.82, 2.24) is 19.6 Å². The number of halogens is 1. The Hall–Kier alpha value is -2.19. The van der Waals surface area contributed by atoms with Crippen LogP contribution in [0.1, 0.15) is 11.4 Å². The first kappa shape index (κ1) is 16.7. The van der Waals surface area contributed by atoms with Gasteiger partial charge in [0.15, 0.2) is 0 Å². The van der Waals surface area contributed by atoms with Crippen molar-refractivity contribution in [2.45, 2.75) is 25.1 Å². The molecule has 0 aliphatic carbocycles. The highest BCUT2D eigenvalue weighted by Crippen LogP contribution is 2.17. The minimum absolute atomic E-state index is 0.113. The lowest BCUT2D eigenvalue weighted by Gasteiger charge is -2.11. The van der Waals surface area contributed by atoms with E-state index >= 15 is 0 Å². The second-order valence-electron chi connectivity index (χ2n) is 5.37. The summed E-state index contributed by atoms with van der Waals surface area (Å²) in [6.45, 7) is 3.96. The SMILES string of the molecule is Cc1cc(C)n2nc(SCC(O)COc3ccc(F)cc3)nc2n1. The number of nitrogens with zero attached hydrogens (tertiary/aromatic N) is 4. The van der Waals surface area contributed by atoms with Gasteiger partial charge in [-0.1, -0.05) is 11.8 Å². The zero-order valence-electron chi connectivity index (χ0n) is 13.3. The molecule has 24 heavy (non-hydrogen) atoms. The summed E-state index contributed by atoms with van der Waals surface area (Å²) in [6.07, 6.45) is -0.692. The van der Waals surface area contributed by atoms with Gasteiger partial charge >= 0.3 is 0 Å². The molecule has 1 atom stereocenters. The molecule has 0 saturated heterocycles. The number of benzene rings is 1. The molecule has 1 N–H and O–H groups in total. The Morgan fingerprint density at radius 1 is 1.25 bits per heavy atom. The van der Waals surface area contributed by atoms with Crippen molar-refractivity contribution in [2.75, 3.05) is 12.4 Å². The fraction of sp³-hybridized carbons (Fsp3) is 0.312. The number of fused-ring (bicyclic) bond motifs is 1. The number of aliphatic hydroxyl groups is 1. The van der Waals surface area contributed by atoms with Crippen molar-refractivity contribution in [2.24, 2.45) is 0 Å². The summed E-state index contributed by atoms with van der Waals surface area (Å²) in [5.41, 5.74) is 1.84. The average molecular weight is 348 g/mol. The molecule has 8 heteroatoms. The second kappa shape index (κ2) is 7.14. The monoisotopic (exact) mass is 348 g/mol. The van der Waals surface area contributed by atoms with Crippen LogP contribution in [0.3, 0.4) is 0 Å². The highest BCUT2D eigenvalue weighted by molar-refractivity contribution is 7.99. The maximum absolute atomic E-state index is 12.8. The topological polar surface area (TPSA) is 72.5 Å². The molecule has 126 valence electrons. The number of thioether (sulfide) groups is 1. The van der Waals surface area contributed by atoms with Crippen molar-refractivity contribution >= 4 is 17.5 Å². The standard InChI is InChI=1S/C16H17FN4O2S/c1-10-7-11(2)21-15(18-10)19-16(20-21)24-9-13(22)8-23-14-5-3-12(17)4-6-14/h3-7,13,22H,8-9H2,1-2H3. The molecule has 0 fully saturated rings. The molecule has 1 aromatic carbocycles. The molecule has 0 aliphatic heterocycles. The number of aliphatic hydroxyl groups excluding tert-OH is 1. The molecule has 0 amide bonds. The van der Waals surface area contributed by atoms with Crippen LogP contribution in [0.2, 0.25) is 0 Å². The van der Waals surface area contributed by atoms with E-state index < -0.39 is 6.10 Å². The molecule has 0 aliphatic rings. The van der Waals surface area contributed by atoms with Gasteiger partial charge in [0, 0.05) is 17.1 Å². The zero-order chi connectivity index (χ0) is 17.1. The van der Waals surface area contributed by atoms with E-state index in [1.165, 1.54) is 36.0 Å². The average Bonchev–Trinajstić information content (AvgIpc) is 2.95. The van der Waals surface area contributed by atoms with Crippen LogP contribution in [0.5, 0.6) is 5.75 Å². The quantitative estimate of drug-likeness (QED) is 0.690. The predicted molar refractivity (Wildman–Crippen MR) is 88.9 cm³/mol. The Morgan fingerprint density at radius 3 is 2.75 bits per heavy atom. The van der Waals surface area contributed by atoms with Crippen molar-refractivity contribution in [3.63, 3.8) is 0 Å². The third kappa shape index (κ3) is 4.01. The fourth-order valence-corrected chi connectivity index (χ4v) is 2.87. The van der Waals surface area contributed by atoms with Crippen LogP contribution in [0, 0.1) is 19.7 Å². The highest BCUT2D eigenvalue weighted by atomic mass is 32.2. The van der Waals surface area contributed by atoms with Gasteiger partial charge in [0.1, 0.15) is 18.2 Å². The minimum Gasteiger partial charge on any atom is -0.491 e. The molecule has 0 radical (unpaired) electrons. The van der Waals surface area contributed by atoms with Gasteiger partial charge in [-0.2, -0.15) is 4.98 Å². The van der Waals surface area contributed by atoms with E-state index in [1.54, 1.807) is 4.52 Å². The second-order valence-corrected chi connectivity index (χ2v) is 6.36. The summed E-state index contributed by atoms with van der Waals surface area (Å²) in [6, 6.07) is 7.61. The van der Waals surface area contributed by atoms with Crippen LogP contribution in [0.15, 0.2) is 35.5 Å².